The molecule has 8 nitrogen and oxygen atoms in total. The van der Waals surface area contributed by atoms with Gasteiger partial charge in [0, 0.05) is 23.0 Å². The van der Waals surface area contributed by atoms with Crippen LogP contribution in [0.5, 0.6) is 0 Å². The number of hydrogen-bond acceptors (Lipinski definition) is 7. The normalized spacial score (nSPS) is 10.9. The molecule has 0 fully saturated rings. The standard InChI is InChI=1S/C17H13N7O/c1-10-14(15(19)16-17(21-10)23-25-22-16)9-24-8-13(7-20-24)12-4-2-11(6-18)3-5-12/h2-5,7-8H,9,19H2,1H3. The molecule has 0 aliphatic heterocycles. The van der Waals surface area contributed by atoms with Gasteiger partial charge >= 0.3 is 0 Å². The highest BCUT2D eigenvalue weighted by atomic mass is 16.6. The molecule has 0 radical (unpaired) electrons. The van der Waals surface area contributed by atoms with Gasteiger partial charge in [0.05, 0.1) is 30.1 Å². The van der Waals surface area contributed by atoms with Gasteiger partial charge in [-0.25, -0.2) is 9.61 Å². The van der Waals surface area contributed by atoms with Gasteiger partial charge in [0.25, 0.3) is 0 Å². The van der Waals surface area contributed by atoms with Gasteiger partial charge in [-0.1, -0.05) is 12.1 Å². The predicted octanol–water partition coefficient (Wildman–Crippen LogP) is 2.29. The summed E-state index contributed by atoms with van der Waals surface area (Å²) in [6.07, 6.45) is 3.70. The Bertz CT molecular complexity index is 1100. The summed E-state index contributed by atoms with van der Waals surface area (Å²) in [7, 11) is 0. The minimum atomic E-state index is 0.400. The van der Waals surface area contributed by atoms with E-state index in [0.29, 0.717) is 29.0 Å². The molecule has 0 aliphatic carbocycles. The second-order valence-corrected chi connectivity index (χ2v) is 5.64. The number of benzene rings is 1. The van der Waals surface area contributed by atoms with E-state index in [9.17, 15) is 0 Å². The fourth-order valence-corrected chi connectivity index (χ4v) is 2.69. The Balaban J connectivity index is 1.66. The molecule has 0 atom stereocenters. The van der Waals surface area contributed by atoms with Gasteiger partial charge in [-0.2, -0.15) is 10.4 Å². The number of nitrogens with zero attached hydrogens (tertiary/aromatic N) is 6. The Kier molecular flexibility index (Phi) is 3.40. The number of hydrogen-bond donors (Lipinski definition) is 1. The third kappa shape index (κ3) is 2.57. The lowest BCUT2D eigenvalue weighted by molar-refractivity contribution is 0.315. The molecular formula is C17H13N7O. The summed E-state index contributed by atoms with van der Waals surface area (Å²) >= 11 is 0. The molecule has 0 spiro atoms. The number of nitriles is 1. The highest BCUT2D eigenvalue weighted by Crippen LogP contribution is 2.25. The lowest BCUT2D eigenvalue weighted by Crippen LogP contribution is -2.07. The van der Waals surface area contributed by atoms with Crippen molar-refractivity contribution in [1.82, 2.24) is 25.1 Å². The maximum Gasteiger partial charge on any atom is 0.226 e. The molecular weight excluding hydrogens is 318 g/mol. The maximum absolute atomic E-state index is 8.88. The van der Waals surface area contributed by atoms with E-state index in [2.05, 4.69) is 26.5 Å². The number of fused-ring (bicyclic) bond motifs is 1. The number of anilines is 1. The van der Waals surface area contributed by atoms with E-state index in [-0.39, 0.29) is 0 Å². The molecule has 4 rings (SSSR count). The lowest BCUT2D eigenvalue weighted by atomic mass is 10.1. The molecule has 0 amide bonds. The summed E-state index contributed by atoms with van der Waals surface area (Å²) in [5, 5.41) is 20.8. The molecule has 0 saturated heterocycles. The van der Waals surface area contributed by atoms with Crippen molar-refractivity contribution in [1.29, 1.82) is 5.26 Å². The van der Waals surface area contributed by atoms with Crippen LogP contribution < -0.4 is 5.73 Å². The first-order chi connectivity index (χ1) is 12.2. The molecule has 1 aromatic carbocycles. The largest absolute Gasteiger partial charge is 0.396 e. The Morgan fingerprint density at radius 1 is 1.20 bits per heavy atom. The zero-order chi connectivity index (χ0) is 17.4. The lowest BCUT2D eigenvalue weighted by Gasteiger charge is -2.08. The second kappa shape index (κ2) is 5.72. The molecule has 0 bridgehead atoms. The molecule has 25 heavy (non-hydrogen) atoms. The fourth-order valence-electron chi connectivity index (χ4n) is 2.69. The van der Waals surface area contributed by atoms with Gasteiger partial charge in [0.1, 0.15) is 0 Å². The minimum Gasteiger partial charge on any atom is -0.396 e. The summed E-state index contributed by atoms with van der Waals surface area (Å²) < 4.78 is 6.48. The van der Waals surface area contributed by atoms with Crippen LogP contribution >= 0.6 is 0 Å². The van der Waals surface area contributed by atoms with Crippen LogP contribution in [0.4, 0.5) is 5.69 Å². The van der Waals surface area contributed by atoms with Crippen molar-refractivity contribution in [2.24, 2.45) is 0 Å². The molecule has 0 unspecified atom stereocenters. The van der Waals surface area contributed by atoms with Crippen LogP contribution in [0.2, 0.25) is 0 Å². The van der Waals surface area contributed by atoms with Crippen LogP contribution in [0.3, 0.4) is 0 Å². The first-order valence-electron chi connectivity index (χ1n) is 7.56. The molecule has 3 aromatic heterocycles. The van der Waals surface area contributed by atoms with Crippen molar-refractivity contribution in [2.45, 2.75) is 13.5 Å². The van der Waals surface area contributed by atoms with E-state index in [0.717, 1.165) is 22.4 Å². The van der Waals surface area contributed by atoms with Gasteiger partial charge in [-0.05, 0) is 34.9 Å². The highest BCUT2D eigenvalue weighted by Gasteiger charge is 2.15. The molecule has 3 heterocycles. The minimum absolute atomic E-state index is 0.400. The van der Waals surface area contributed by atoms with E-state index in [1.165, 1.54) is 0 Å². The quantitative estimate of drug-likeness (QED) is 0.611. The first kappa shape index (κ1) is 14.8. The van der Waals surface area contributed by atoms with Crippen molar-refractivity contribution in [3.05, 3.63) is 53.5 Å². The van der Waals surface area contributed by atoms with E-state index in [1.807, 2.05) is 25.3 Å². The fraction of sp³-hybridized carbons (Fsp3) is 0.118. The summed E-state index contributed by atoms with van der Waals surface area (Å²) in [6, 6.07) is 9.47. The van der Waals surface area contributed by atoms with Crippen LogP contribution in [0.25, 0.3) is 22.3 Å². The highest BCUT2D eigenvalue weighted by molar-refractivity contribution is 5.85. The smallest absolute Gasteiger partial charge is 0.226 e. The van der Waals surface area contributed by atoms with E-state index < -0.39 is 0 Å². The zero-order valence-corrected chi connectivity index (χ0v) is 13.3. The number of aromatic nitrogens is 5. The molecule has 0 saturated carbocycles. The summed E-state index contributed by atoms with van der Waals surface area (Å²) in [5.74, 6) is 0. The van der Waals surface area contributed by atoms with Crippen LogP contribution in [0, 0.1) is 18.3 Å². The maximum atomic E-state index is 8.88. The van der Waals surface area contributed by atoms with Gasteiger partial charge in [0.15, 0.2) is 5.52 Å². The van der Waals surface area contributed by atoms with Crippen LogP contribution in [-0.4, -0.2) is 25.1 Å². The van der Waals surface area contributed by atoms with E-state index in [4.69, 9.17) is 15.6 Å². The Labute approximate surface area is 142 Å². The van der Waals surface area contributed by atoms with Gasteiger partial charge in [0.2, 0.25) is 5.65 Å². The monoisotopic (exact) mass is 331 g/mol. The van der Waals surface area contributed by atoms with Crippen LogP contribution in [0.1, 0.15) is 16.8 Å². The number of rotatable bonds is 3. The first-order valence-corrected chi connectivity index (χ1v) is 7.56. The van der Waals surface area contributed by atoms with Crippen molar-refractivity contribution in [2.75, 3.05) is 5.73 Å². The van der Waals surface area contributed by atoms with Gasteiger partial charge in [-0.3, -0.25) is 4.68 Å². The van der Waals surface area contributed by atoms with Gasteiger partial charge < -0.3 is 5.73 Å². The van der Waals surface area contributed by atoms with Crippen molar-refractivity contribution < 1.29 is 4.63 Å². The summed E-state index contributed by atoms with van der Waals surface area (Å²) in [5.41, 5.74) is 11.7. The van der Waals surface area contributed by atoms with E-state index in [1.54, 1.807) is 23.0 Å². The SMILES string of the molecule is Cc1nc2nonc2c(N)c1Cn1cc(-c2ccc(C#N)cc2)cn1. The Morgan fingerprint density at radius 2 is 2.00 bits per heavy atom. The number of pyridine rings is 1. The average Bonchev–Trinajstić information content (AvgIpc) is 3.28. The van der Waals surface area contributed by atoms with Crippen molar-refractivity contribution >= 4 is 16.9 Å². The van der Waals surface area contributed by atoms with Crippen molar-refractivity contribution in [3.63, 3.8) is 0 Å². The summed E-state index contributed by atoms with van der Waals surface area (Å²) in [4.78, 5) is 4.36. The Hall–Kier alpha value is -3.73. The van der Waals surface area contributed by atoms with Crippen molar-refractivity contribution in [3.8, 4) is 17.2 Å². The molecule has 8 heteroatoms. The molecule has 122 valence electrons. The Morgan fingerprint density at radius 3 is 2.76 bits per heavy atom. The number of aryl methyl sites for hydroxylation is 1. The second-order valence-electron chi connectivity index (χ2n) is 5.64. The zero-order valence-electron chi connectivity index (χ0n) is 13.3. The summed E-state index contributed by atoms with van der Waals surface area (Å²) in [6.45, 7) is 2.33. The third-order valence-electron chi connectivity index (χ3n) is 4.06. The predicted molar refractivity (Wildman–Crippen MR) is 90.2 cm³/mol. The number of nitrogen functional groups attached to an aromatic ring is 1. The molecule has 4 aromatic rings. The van der Waals surface area contributed by atoms with E-state index >= 15 is 0 Å². The van der Waals surface area contributed by atoms with Gasteiger partial charge in [-0.15, -0.1) is 0 Å². The van der Waals surface area contributed by atoms with Crippen LogP contribution in [-0.2, 0) is 6.54 Å². The third-order valence-corrected chi connectivity index (χ3v) is 4.06. The van der Waals surface area contributed by atoms with Crippen LogP contribution in [0.15, 0.2) is 41.3 Å². The average molecular weight is 331 g/mol. The molecule has 0 aliphatic rings. The topological polar surface area (TPSA) is 119 Å². The molecule has 2 N–H and O–H groups in total. The number of nitrogens with two attached hydrogens (primary N) is 1.